The van der Waals surface area contributed by atoms with Gasteiger partial charge in [0, 0.05) is 56.7 Å². The SMILES string of the molecule is O=C(CC1SC(c2ccccc2)N(Cc2ccncc2)C1=O)N1CCC(N2Cc3ccccc3NC2=O)CC1. The number of carbonyl (C=O) groups excluding carboxylic acids is 3. The van der Waals surface area contributed by atoms with Crippen molar-refractivity contribution in [2.24, 2.45) is 0 Å². The second-order valence-electron chi connectivity index (χ2n) is 10.2. The Morgan fingerprint density at radius 3 is 2.44 bits per heavy atom. The summed E-state index contributed by atoms with van der Waals surface area (Å²) >= 11 is 1.56. The first-order chi connectivity index (χ1) is 19.1. The van der Waals surface area contributed by atoms with Crippen molar-refractivity contribution in [3.8, 4) is 0 Å². The highest BCUT2D eigenvalue weighted by Crippen LogP contribution is 2.45. The van der Waals surface area contributed by atoms with Crippen LogP contribution < -0.4 is 5.32 Å². The molecule has 4 heterocycles. The van der Waals surface area contributed by atoms with E-state index in [4.69, 9.17) is 0 Å². The minimum atomic E-state index is -0.424. The minimum Gasteiger partial charge on any atom is -0.342 e. The fourth-order valence-corrected chi connectivity index (χ4v) is 7.12. The number of pyridine rings is 1. The molecule has 39 heavy (non-hydrogen) atoms. The van der Waals surface area contributed by atoms with Crippen molar-refractivity contribution in [1.29, 1.82) is 0 Å². The molecule has 0 aliphatic carbocycles. The van der Waals surface area contributed by atoms with Crippen molar-refractivity contribution in [2.45, 2.75) is 49.0 Å². The van der Waals surface area contributed by atoms with Gasteiger partial charge >= 0.3 is 6.03 Å². The maximum atomic E-state index is 13.6. The van der Waals surface area contributed by atoms with E-state index in [1.54, 1.807) is 24.2 Å². The number of fused-ring (bicyclic) bond motifs is 1. The quantitative estimate of drug-likeness (QED) is 0.491. The molecule has 1 aromatic heterocycles. The third-order valence-corrected chi connectivity index (χ3v) is 9.28. The molecule has 0 saturated carbocycles. The first-order valence-corrected chi connectivity index (χ1v) is 14.3. The molecule has 0 radical (unpaired) electrons. The molecule has 4 amide bonds. The van der Waals surface area contributed by atoms with Crippen LogP contribution >= 0.6 is 11.8 Å². The highest BCUT2D eigenvalue weighted by Gasteiger charge is 2.43. The Morgan fingerprint density at radius 1 is 0.949 bits per heavy atom. The molecule has 2 unspecified atom stereocenters. The number of carbonyl (C=O) groups is 3. The third-order valence-electron chi connectivity index (χ3n) is 7.80. The van der Waals surface area contributed by atoms with E-state index in [2.05, 4.69) is 10.3 Å². The van der Waals surface area contributed by atoms with Gasteiger partial charge in [-0.3, -0.25) is 14.6 Å². The van der Waals surface area contributed by atoms with Crippen molar-refractivity contribution in [3.63, 3.8) is 0 Å². The summed E-state index contributed by atoms with van der Waals surface area (Å²) in [5.74, 6) is 0.00266. The van der Waals surface area contributed by atoms with Crippen LogP contribution in [0.3, 0.4) is 0 Å². The van der Waals surface area contributed by atoms with E-state index in [0.29, 0.717) is 26.2 Å². The van der Waals surface area contributed by atoms with Crippen molar-refractivity contribution >= 4 is 35.3 Å². The van der Waals surface area contributed by atoms with Gasteiger partial charge in [-0.2, -0.15) is 0 Å². The second-order valence-corrected chi connectivity index (χ2v) is 11.5. The van der Waals surface area contributed by atoms with Crippen molar-refractivity contribution in [1.82, 2.24) is 19.7 Å². The minimum absolute atomic E-state index is 0.00226. The molecule has 1 N–H and O–H groups in total. The number of nitrogens with zero attached hydrogens (tertiary/aromatic N) is 4. The van der Waals surface area contributed by atoms with Crippen LogP contribution in [0.2, 0.25) is 0 Å². The molecule has 2 saturated heterocycles. The number of nitrogens with one attached hydrogen (secondary N) is 1. The van der Waals surface area contributed by atoms with Gasteiger partial charge in [-0.25, -0.2) is 4.79 Å². The molecule has 2 fully saturated rings. The van der Waals surface area contributed by atoms with Crippen molar-refractivity contribution in [2.75, 3.05) is 18.4 Å². The maximum absolute atomic E-state index is 13.6. The smallest absolute Gasteiger partial charge is 0.322 e. The monoisotopic (exact) mass is 541 g/mol. The van der Waals surface area contributed by atoms with Gasteiger partial charge < -0.3 is 20.0 Å². The number of urea groups is 1. The fraction of sp³-hybridized carbons (Fsp3) is 0.333. The molecule has 3 aliphatic rings. The Balaban J connectivity index is 1.09. The summed E-state index contributed by atoms with van der Waals surface area (Å²) in [6.07, 6.45) is 5.11. The summed E-state index contributed by atoms with van der Waals surface area (Å²) in [5.41, 5.74) is 4.05. The van der Waals surface area contributed by atoms with Crippen molar-refractivity contribution in [3.05, 3.63) is 95.8 Å². The maximum Gasteiger partial charge on any atom is 0.322 e. The number of aromatic nitrogens is 1. The Morgan fingerprint density at radius 2 is 1.67 bits per heavy atom. The van der Waals surface area contributed by atoms with Gasteiger partial charge in [-0.05, 0) is 47.7 Å². The number of piperidine rings is 1. The second kappa shape index (κ2) is 11.1. The number of thioether (sulfide) groups is 1. The summed E-state index contributed by atoms with van der Waals surface area (Å²) in [5, 5.41) is 2.42. The van der Waals surface area contributed by atoms with Crippen LogP contribution in [0, 0.1) is 0 Å². The van der Waals surface area contributed by atoms with Gasteiger partial charge in [0.1, 0.15) is 5.37 Å². The Kier molecular flexibility index (Phi) is 7.24. The van der Waals surface area contributed by atoms with Gasteiger partial charge in [-0.1, -0.05) is 48.5 Å². The lowest BCUT2D eigenvalue weighted by Crippen LogP contribution is -2.51. The predicted molar refractivity (Wildman–Crippen MR) is 151 cm³/mol. The molecule has 0 spiro atoms. The van der Waals surface area contributed by atoms with E-state index < -0.39 is 5.25 Å². The van der Waals surface area contributed by atoms with Gasteiger partial charge in [-0.15, -0.1) is 11.8 Å². The van der Waals surface area contributed by atoms with Crippen LogP contribution in [0.4, 0.5) is 10.5 Å². The number of anilines is 1. The molecule has 3 aromatic rings. The van der Waals surface area contributed by atoms with Crippen LogP contribution in [-0.4, -0.2) is 61.9 Å². The number of amides is 4. The van der Waals surface area contributed by atoms with Gasteiger partial charge in [0.05, 0.1) is 5.25 Å². The molecule has 6 rings (SSSR count). The molecule has 2 atom stereocenters. The zero-order valence-electron chi connectivity index (χ0n) is 21.6. The average molecular weight is 542 g/mol. The average Bonchev–Trinajstić information content (AvgIpc) is 3.28. The molecular formula is C30H31N5O3S. The fourth-order valence-electron chi connectivity index (χ4n) is 5.68. The molecular weight excluding hydrogens is 510 g/mol. The summed E-state index contributed by atoms with van der Waals surface area (Å²) in [6, 6.07) is 21.7. The van der Waals surface area contributed by atoms with E-state index in [1.165, 1.54) is 0 Å². The predicted octanol–water partition coefficient (Wildman–Crippen LogP) is 4.65. The summed E-state index contributed by atoms with van der Waals surface area (Å²) < 4.78 is 0. The Bertz CT molecular complexity index is 1350. The summed E-state index contributed by atoms with van der Waals surface area (Å²) in [4.78, 5) is 49.4. The highest BCUT2D eigenvalue weighted by atomic mass is 32.2. The molecule has 2 aromatic carbocycles. The molecule has 8 nitrogen and oxygen atoms in total. The molecule has 0 bridgehead atoms. The lowest BCUT2D eigenvalue weighted by molar-refractivity contribution is -0.137. The molecule has 9 heteroatoms. The van der Waals surface area contributed by atoms with Crippen LogP contribution in [0.5, 0.6) is 0 Å². The van der Waals surface area contributed by atoms with Crippen LogP contribution in [-0.2, 0) is 22.7 Å². The number of benzene rings is 2. The number of para-hydroxylation sites is 1. The summed E-state index contributed by atoms with van der Waals surface area (Å²) in [7, 11) is 0. The molecule has 200 valence electrons. The largest absolute Gasteiger partial charge is 0.342 e. The normalized spacial score (nSPS) is 21.6. The van der Waals surface area contributed by atoms with E-state index in [9.17, 15) is 14.4 Å². The first kappa shape index (κ1) is 25.4. The Hall–Kier alpha value is -3.85. The highest BCUT2D eigenvalue weighted by molar-refractivity contribution is 8.01. The zero-order chi connectivity index (χ0) is 26.8. The molecule has 3 aliphatic heterocycles. The zero-order valence-corrected chi connectivity index (χ0v) is 22.4. The van der Waals surface area contributed by atoms with Crippen LogP contribution in [0.15, 0.2) is 79.1 Å². The number of hydrogen-bond acceptors (Lipinski definition) is 5. The van der Waals surface area contributed by atoms with E-state index in [-0.39, 0.29) is 35.7 Å². The third kappa shape index (κ3) is 5.36. The lowest BCUT2D eigenvalue weighted by atomic mass is 10.0. The number of hydrogen-bond donors (Lipinski definition) is 1. The van der Waals surface area contributed by atoms with Gasteiger partial charge in [0.15, 0.2) is 0 Å². The van der Waals surface area contributed by atoms with Gasteiger partial charge in [0.2, 0.25) is 11.8 Å². The Labute approximate surface area is 232 Å². The van der Waals surface area contributed by atoms with E-state index in [1.807, 2.05) is 81.4 Å². The first-order valence-electron chi connectivity index (χ1n) is 13.4. The topological polar surface area (TPSA) is 85.8 Å². The number of likely N-dealkylation sites (tertiary alicyclic amines) is 1. The lowest BCUT2D eigenvalue weighted by Gasteiger charge is -2.40. The van der Waals surface area contributed by atoms with Crippen LogP contribution in [0.1, 0.15) is 41.3 Å². The van der Waals surface area contributed by atoms with E-state index in [0.717, 1.165) is 35.2 Å². The van der Waals surface area contributed by atoms with Gasteiger partial charge in [0.25, 0.3) is 0 Å². The number of rotatable bonds is 6. The van der Waals surface area contributed by atoms with E-state index >= 15 is 0 Å². The van der Waals surface area contributed by atoms with Crippen LogP contribution in [0.25, 0.3) is 0 Å². The van der Waals surface area contributed by atoms with Crippen molar-refractivity contribution < 1.29 is 14.4 Å². The standard InChI is InChI=1S/C30H31N5O3S/c36-27(33-16-12-24(13-17-33)34-20-23-8-4-5-9-25(23)32-30(34)38)18-26-28(37)35(19-21-10-14-31-15-11-21)29(39-26)22-6-2-1-3-7-22/h1-11,14-15,24,26,29H,12-13,16-20H2,(H,32,38). The summed E-state index contributed by atoms with van der Waals surface area (Å²) in [6.45, 7) is 2.24.